The number of carbonyl (C=O) groups excluding carboxylic acids is 1. The second-order valence-corrected chi connectivity index (χ2v) is 9.17. The molecule has 0 rings (SSSR count). The van der Waals surface area contributed by atoms with Crippen molar-refractivity contribution < 1.29 is 17.8 Å². The largest absolute Gasteiger partial charge is 0.327 e. The maximum Gasteiger partial charge on any atom is 0.286 e. The Balaban J connectivity index is 3.52. The Kier molecular flexibility index (Phi) is 15.6. The molecule has 6 heteroatoms. The molecule has 0 bridgehead atoms. The van der Waals surface area contributed by atoms with Gasteiger partial charge in [0.05, 0.1) is 0 Å². The SMILES string of the molecule is CCCCCCCC/C=C\CCCCCCCC(=O)N(C)C(C)S(=O)(=O)O. The van der Waals surface area contributed by atoms with Gasteiger partial charge in [-0.2, -0.15) is 8.42 Å². The van der Waals surface area contributed by atoms with E-state index in [4.69, 9.17) is 4.55 Å². The molecule has 0 aromatic heterocycles. The fourth-order valence-corrected chi connectivity index (χ4v) is 3.44. The first-order valence-electron chi connectivity index (χ1n) is 10.7. The summed E-state index contributed by atoms with van der Waals surface area (Å²) in [5.41, 5.74) is 0. The Morgan fingerprint density at radius 1 is 0.889 bits per heavy atom. The quantitative estimate of drug-likeness (QED) is 0.191. The molecule has 0 aromatic rings. The van der Waals surface area contributed by atoms with Crippen molar-refractivity contribution in [1.82, 2.24) is 4.90 Å². The van der Waals surface area contributed by atoms with Gasteiger partial charge in [0.1, 0.15) is 0 Å². The summed E-state index contributed by atoms with van der Waals surface area (Å²) in [6.45, 7) is 3.56. The van der Waals surface area contributed by atoms with Crippen LogP contribution in [0.25, 0.3) is 0 Å². The third-order valence-corrected chi connectivity index (χ3v) is 6.20. The number of nitrogens with zero attached hydrogens (tertiary/aromatic N) is 1. The second kappa shape index (κ2) is 16.1. The summed E-state index contributed by atoms with van der Waals surface area (Å²) in [5.74, 6) is -0.238. The summed E-state index contributed by atoms with van der Waals surface area (Å²) >= 11 is 0. The van der Waals surface area contributed by atoms with E-state index >= 15 is 0 Å². The maximum atomic E-state index is 11.9. The smallest absolute Gasteiger partial charge is 0.286 e. The Morgan fingerprint density at radius 2 is 1.33 bits per heavy atom. The van der Waals surface area contributed by atoms with E-state index in [1.54, 1.807) is 0 Å². The highest BCUT2D eigenvalue weighted by Gasteiger charge is 2.25. The van der Waals surface area contributed by atoms with Gasteiger partial charge < -0.3 is 4.90 Å². The van der Waals surface area contributed by atoms with Crippen LogP contribution in [0.4, 0.5) is 0 Å². The van der Waals surface area contributed by atoms with Gasteiger partial charge in [0.2, 0.25) is 5.91 Å². The zero-order chi connectivity index (χ0) is 20.5. The summed E-state index contributed by atoms with van der Waals surface area (Å²) in [7, 11) is -2.79. The van der Waals surface area contributed by atoms with Crippen LogP contribution in [0, 0.1) is 0 Å². The molecule has 0 saturated carbocycles. The standard InChI is InChI=1S/C21H41NO4S/c1-4-5-6-7-8-9-10-11-12-13-14-15-16-17-18-19-21(23)22(3)20(2)27(24,25)26/h11-12,20H,4-10,13-19H2,1-3H3,(H,24,25,26)/b12-11-. The normalized spacial score (nSPS) is 13.2. The molecular weight excluding hydrogens is 362 g/mol. The molecular formula is C21H41NO4S. The molecule has 0 aliphatic carbocycles. The molecule has 0 aromatic carbocycles. The molecule has 0 radical (unpaired) electrons. The van der Waals surface area contributed by atoms with E-state index < -0.39 is 15.5 Å². The molecule has 1 N–H and O–H groups in total. The Morgan fingerprint density at radius 3 is 1.81 bits per heavy atom. The molecule has 0 fully saturated rings. The molecule has 0 spiro atoms. The van der Waals surface area contributed by atoms with Crippen LogP contribution in [0.2, 0.25) is 0 Å². The molecule has 160 valence electrons. The van der Waals surface area contributed by atoms with Crippen molar-refractivity contribution in [3.05, 3.63) is 12.2 Å². The number of rotatable bonds is 17. The van der Waals surface area contributed by atoms with Crippen LogP contribution in [-0.4, -0.2) is 36.2 Å². The van der Waals surface area contributed by atoms with Gasteiger partial charge in [-0.3, -0.25) is 9.35 Å². The lowest BCUT2D eigenvalue weighted by Crippen LogP contribution is -2.39. The van der Waals surface area contributed by atoms with Gasteiger partial charge in [-0.25, -0.2) is 0 Å². The van der Waals surface area contributed by atoms with E-state index in [0.717, 1.165) is 37.0 Å². The van der Waals surface area contributed by atoms with Crippen LogP contribution in [0.1, 0.15) is 104 Å². The molecule has 0 aliphatic rings. The van der Waals surface area contributed by atoms with Gasteiger partial charge in [-0.1, -0.05) is 70.4 Å². The summed E-state index contributed by atoms with van der Waals surface area (Å²) in [5, 5.41) is -1.19. The van der Waals surface area contributed by atoms with E-state index in [1.807, 2.05) is 0 Å². The van der Waals surface area contributed by atoms with Crippen LogP contribution in [0.3, 0.4) is 0 Å². The molecule has 1 atom stereocenters. The van der Waals surface area contributed by atoms with Gasteiger partial charge in [0.15, 0.2) is 5.37 Å². The fourth-order valence-electron chi connectivity index (χ4n) is 2.93. The third-order valence-electron chi connectivity index (χ3n) is 5.02. The average molecular weight is 404 g/mol. The lowest BCUT2D eigenvalue weighted by molar-refractivity contribution is -0.130. The summed E-state index contributed by atoms with van der Waals surface area (Å²) in [6, 6.07) is 0. The highest BCUT2D eigenvalue weighted by atomic mass is 32.2. The van der Waals surface area contributed by atoms with E-state index in [9.17, 15) is 13.2 Å². The van der Waals surface area contributed by atoms with Crippen molar-refractivity contribution in [3.63, 3.8) is 0 Å². The zero-order valence-corrected chi connectivity index (χ0v) is 18.5. The Hall–Kier alpha value is -0.880. The first kappa shape index (κ1) is 26.1. The van der Waals surface area contributed by atoms with E-state index in [2.05, 4.69) is 19.1 Å². The minimum atomic E-state index is -4.21. The van der Waals surface area contributed by atoms with Gasteiger partial charge in [-0.05, 0) is 39.0 Å². The van der Waals surface area contributed by atoms with Crippen LogP contribution < -0.4 is 0 Å². The number of carbonyl (C=O) groups is 1. The molecule has 1 amide bonds. The van der Waals surface area contributed by atoms with Crippen molar-refractivity contribution in [2.75, 3.05) is 7.05 Å². The van der Waals surface area contributed by atoms with Crippen LogP contribution in [0.5, 0.6) is 0 Å². The molecule has 0 heterocycles. The highest BCUT2D eigenvalue weighted by Crippen LogP contribution is 2.12. The molecule has 0 aliphatic heterocycles. The molecule has 0 saturated heterocycles. The highest BCUT2D eigenvalue weighted by molar-refractivity contribution is 7.86. The lowest BCUT2D eigenvalue weighted by Gasteiger charge is -2.22. The van der Waals surface area contributed by atoms with Crippen molar-refractivity contribution in [2.45, 2.75) is 109 Å². The van der Waals surface area contributed by atoms with Gasteiger partial charge in [0.25, 0.3) is 10.1 Å². The first-order chi connectivity index (χ1) is 12.8. The zero-order valence-electron chi connectivity index (χ0n) is 17.7. The van der Waals surface area contributed by atoms with E-state index in [0.29, 0.717) is 6.42 Å². The van der Waals surface area contributed by atoms with E-state index in [1.165, 1.54) is 65.3 Å². The predicted octanol–water partition coefficient (Wildman–Crippen LogP) is 5.72. The van der Waals surface area contributed by atoms with Crippen molar-refractivity contribution in [1.29, 1.82) is 0 Å². The van der Waals surface area contributed by atoms with Crippen molar-refractivity contribution >= 4 is 16.0 Å². The lowest BCUT2D eigenvalue weighted by atomic mass is 10.1. The number of unbranched alkanes of at least 4 members (excludes halogenated alkanes) is 11. The van der Waals surface area contributed by atoms with Gasteiger partial charge >= 0.3 is 0 Å². The third kappa shape index (κ3) is 14.8. The van der Waals surface area contributed by atoms with Crippen LogP contribution >= 0.6 is 0 Å². The molecule has 5 nitrogen and oxygen atoms in total. The number of allylic oxidation sites excluding steroid dienone is 2. The predicted molar refractivity (Wildman–Crippen MR) is 113 cm³/mol. The molecule has 1 unspecified atom stereocenters. The topological polar surface area (TPSA) is 74.7 Å². The summed E-state index contributed by atoms with van der Waals surface area (Å²) < 4.78 is 31.1. The van der Waals surface area contributed by atoms with Crippen molar-refractivity contribution in [2.24, 2.45) is 0 Å². The number of hydrogen-bond donors (Lipinski definition) is 1. The monoisotopic (exact) mass is 403 g/mol. The Labute approximate surface area is 167 Å². The maximum absolute atomic E-state index is 11.9. The summed E-state index contributed by atoms with van der Waals surface area (Å²) in [4.78, 5) is 13.0. The van der Waals surface area contributed by atoms with Gasteiger partial charge in [0, 0.05) is 13.5 Å². The summed E-state index contributed by atoms with van der Waals surface area (Å²) in [6.07, 6.45) is 20.5. The minimum absolute atomic E-state index is 0.238. The second-order valence-electron chi connectivity index (χ2n) is 7.45. The first-order valence-corrected chi connectivity index (χ1v) is 12.2. The van der Waals surface area contributed by atoms with Gasteiger partial charge in [-0.15, -0.1) is 0 Å². The Bertz CT molecular complexity index is 502. The fraction of sp³-hybridized carbons (Fsp3) is 0.857. The average Bonchev–Trinajstić information content (AvgIpc) is 2.62. The minimum Gasteiger partial charge on any atom is -0.327 e. The van der Waals surface area contributed by atoms with E-state index in [-0.39, 0.29) is 5.91 Å². The van der Waals surface area contributed by atoms with Crippen LogP contribution in [0.15, 0.2) is 12.2 Å². The number of hydrogen-bond acceptors (Lipinski definition) is 3. The van der Waals surface area contributed by atoms with Crippen molar-refractivity contribution in [3.8, 4) is 0 Å². The number of amides is 1. The molecule has 27 heavy (non-hydrogen) atoms. The van der Waals surface area contributed by atoms with Crippen LogP contribution in [-0.2, 0) is 14.9 Å².